The highest BCUT2D eigenvalue weighted by atomic mass is 127. The minimum Gasteiger partial charge on any atom is -0.356 e. The first-order valence-corrected chi connectivity index (χ1v) is 10.9. The summed E-state index contributed by atoms with van der Waals surface area (Å²) in [7, 11) is 4.02. The third-order valence-electron chi connectivity index (χ3n) is 4.68. The minimum absolute atomic E-state index is 0. The molecule has 0 radical (unpaired) electrons. The van der Waals surface area contributed by atoms with Crippen LogP contribution in [-0.2, 0) is 0 Å². The fourth-order valence-corrected chi connectivity index (χ4v) is 3.91. The predicted molar refractivity (Wildman–Crippen MR) is 130 cm³/mol. The van der Waals surface area contributed by atoms with Crippen LogP contribution < -0.4 is 10.6 Å². The number of benzene rings is 1. The summed E-state index contributed by atoms with van der Waals surface area (Å²) in [6.45, 7) is 7.74. The average molecular weight is 524 g/mol. The van der Waals surface area contributed by atoms with Gasteiger partial charge < -0.3 is 20.4 Å². The number of likely N-dealkylation sites (N-methyl/N-ethyl adjacent to an activating group) is 1. The van der Waals surface area contributed by atoms with E-state index in [-0.39, 0.29) is 29.8 Å². The molecule has 0 aromatic heterocycles. The maximum absolute atomic E-state index is 12.9. The Kier molecular flexibility index (Phi) is 13.9. The molecule has 28 heavy (non-hydrogen) atoms. The van der Waals surface area contributed by atoms with Crippen LogP contribution in [0.15, 0.2) is 34.2 Å². The zero-order chi connectivity index (χ0) is 19.3. The number of guanidine groups is 1. The summed E-state index contributed by atoms with van der Waals surface area (Å²) >= 11 is 1.75. The molecule has 0 spiro atoms. The minimum atomic E-state index is -0.181. The molecule has 0 atom stereocenters. The molecule has 1 aliphatic rings. The molecule has 5 nitrogen and oxygen atoms in total. The lowest BCUT2D eigenvalue weighted by Gasteiger charge is -2.20. The lowest BCUT2D eigenvalue weighted by molar-refractivity contribution is 0.274. The molecule has 0 bridgehead atoms. The number of rotatable bonds is 9. The van der Waals surface area contributed by atoms with Crippen molar-refractivity contribution in [3.63, 3.8) is 0 Å². The van der Waals surface area contributed by atoms with E-state index in [4.69, 9.17) is 0 Å². The van der Waals surface area contributed by atoms with Gasteiger partial charge in [-0.3, -0.25) is 4.99 Å². The van der Waals surface area contributed by atoms with E-state index in [0.29, 0.717) is 0 Å². The molecule has 0 unspecified atom stereocenters. The van der Waals surface area contributed by atoms with E-state index in [1.807, 2.05) is 19.2 Å². The number of thioether (sulfide) groups is 1. The summed E-state index contributed by atoms with van der Waals surface area (Å²) < 4.78 is 12.9. The molecule has 0 aliphatic carbocycles. The van der Waals surface area contributed by atoms with Crippen molar-refractivity contribution in [1.29, 1.82) is 0 Å². The Morgan fingerprint density at radius 2 is 1.79 bits per heavy atom. The molecule has 0 saturated carbocycles. The number of halogens is 2. The van der Waals surface area contributed by atoms with Gasteiger partial charge in [0.2, 0.25) is 0 Å². The van der Waals surface area contributed by atoms with Gasteiger partial charge in [-0.2, -0.15) is 0 Å². The second kappa shape index (κ2) is 15.3. The van der Waals surface area contributed by atoms with Crippen molar-refractivity contribution in [2.75, 3.05) is 65.7 Å². The van der Waals surface area contributed by atoms with Crippen molar-refractivity contribution < 1.29 is 4.39 Å². The predicted octanol–water partition coefficient (Wildman–Crippen LogP) is 3.12. The van der Waals surface area contributed by atoms with Gasteiger partial charge in [0, 0.05) is 38.1 Å². The van der Waals surface area contributed by atoms with Gasteiger partial charge >= 0.3 is 0 Å². The van der Waals surface area contributed by atoms with E-state index in [0.717, 1.165) is 49.1 Å². The van der Waals surface area contributed by atoms with Crippen LogP contribution in [0.4, 0.5) is 4.39 Å². The van der Waals surface area contributed by atoms with E-state index >= 15 is 0 Å². The van der Waals surface area contributed by atoms with Crippen LogP contribution in [0.3, 0.4) is 0 Å². The van der Waals surface area contributed by atoms with Crippen molar-refractivity contribution in [3.8, 4) is 0 Å². The van der Waals surface area contributed by atoms with Crippen LogP contribution >= 0.6 is 35.7 Å². The van der Waals surface area contributed by atoms with Crippen LogP contribution in [0.1, 0.15) is 19.3 Å². The van der Waals surface area contributed by atoms with Crippen LogP contribution in [0.5, 0.6) is 0 Å². The second-order valence-electron chi connectivity index (χ2n) is 6.93. The SMILES string of the molecule is CN=C(NCCCSc1ccc(F)cc1)NCCCN1CCCN(C)CC1.I. The van der Waals surface area contributed by atoms with Crippen molar-refractivity contribution >= 4 is 41.7 Å². The van der Waals surface area contributed by atoms with Crippen LogP contribution in [0.2, 0.25) is 0 Å². The molecule has 8 heteroatoms. The molecule has 2 N–H and O–H groups in total. The Morgan fingerprint density at radius 1 is 1.07 bits per heavy atom. The van der Waals surface area contributed by atoms with Crippen molar-refractivity contribution in [3.05, 3.63) is 30.1 Å². The maximum Gasteiger partial charge on any atom is 0.190 e. The molecule has 1 aliphatic heterocycles. The lowest BCUT2D eigenvalue weighted by Crippen LogP contribution is -2.39. The Hall–Kier alpha value is -0.580. The number of aliphatic imine (C=N–C) groups is 1. The maximum atomic E-state index is 12.9. The Morgan fingerprint density at radius 3 is 2.50 bits per heavy atom. The highest BCUT2D eigenvalue weighted by Crippen LogP contribution is 2.18. The number of nitrogens with one attached hydrogen (secondary N) is 2. The summed E-state index contributed by atoms with van der Waals surface area (Å²) in [5, 5.41) is 6.77. The Balaban J connectivity index is 0.00000392. The number of nitrogens with zero attached hydrogens (tertiary/aromatic N) is 3. The van der Waals surface area contributed by atoms with E-state index in [1.54, 1.807) is 11.8 Å². The van der Waals surface area contributed by atoms with E-state index in [2.05, 4.69) is 32.5 Å². The molecular formula is C20H35FIN5S. The first kappa shape index (κ1) is 25.5. The molecule has 1 saturated heterocycles. The van der Waals surface area contributed by atoms with Crippen molar-refractivity contribution in [2.45, 2.75) is 24.2 Å². The molecule has 1 aromatic carbocycles. The molecule has 1 fully saturated rings. The van der Waals surface area contributed by atoms with Crippen LogP contribution in [0.25, 0.3) is 0 Å². The van der Waals surface area contributed by atoms with Gasteiger partial charge in [0.05, 0.1) is 0 Å². The molecule has 2 rings (SSSR count). The van der Waals surface area contributed by atoms with Crippen LogP contribution in [0, 0.1) is 5.82 Å². The molecule has 160 valence electrons. The van der Waals surface area contributed by atoms with Gasteiger partial charge in [-0.05, 0) is 76.0 Å². The standard InChI is InChI=1S/C20H34FN5S.HI/c1-22-20(23-10-3-13-26-14-5-12-25(2)15-16-26)24-11-4-17-27-19-8-6-18(21)7-9-19;/h6-9H,3-5,10-17H2,1-2H3,(H2,22,23,24);1H. The molecule has 1 heterocycles. The fraction of sp³-hybridized carbons (Fsp3) is 0.650. The fourth-order valence-electron chi connectivity index (χ4n) is 3.05. The van der Waals surface area contributed by atoms with Gasteiger partial charge in [-0.15, -0.1) is 35.7 Å². The topological polar surface area (TPSA) is 42.9 Å². The smallest absolute Gasteiger partial charge is 0.190 e. The number of hydrogen-bond acceptors (Lipinski definition) is 4. The second-order valence-corrected chi connectivity index (χ2v) is 8.10. The molecule has 0 amide bonds. The highest BCUT2D eigenvalue weighted by Gasteiger charge is 2.11. The Labute approximate surface area is 190 Å². The van der Waals surface area contributed by atoms with Gasteiger partial charge in [-0.1, -0.05) is 0 Å². The Bertz CT molecular complexity index is 558. The van der Waals surface area contributed by atoms with Gasteiger partial charge in [-0.25, -0.2) is 4.39 Å². The summed E-state index contributed by atoms with van der Waals surface area (Å²) in [6, 6.07) is 6.68. The first-order valence-electron chi connectivity index (χ1n) is 9.91. The average Bonchev–Trinajstić information content (AvgIpc) is 2.89. The lowest BCUT2D eigenvalue weighted by atomic mass is 10.3. The van der Waals surface area contributed by atoms with Gasteiger partial charge in [0.25, 0.3) is 0 Å². The normalized spacial score (nSPS) is 16.3. The monoisotopic (exact) mass is 523 g/mol. The summed E-state index contributed by atoms with van der Waals surface area (Å²) in [5.74, 6) is 1.69. The van der Waals surface area contributed by atoms with Gasteiger partial charge in [0.15, 0.2) is 5.96 Å². The van der Waals surface area contributed by atoms with Crippen molar-refractivity contribution in [1.82, 2.24) is 20.4 Å². The van der Waals surface area contributed by atoms with Crippen molar-refractivity contribution in [2.24, 2.45) is 4.99 Å². The zero-order valence-corrected chi connectivity index (χ0v) is 20.3. The largest absolute Gasteiger partial charge is 0.356 e. The summed E-state index contributed by atoms with van der Waals surface area (Å²) in [4.78, 5) is 10.4. The first-order chi connectivity index (χ1) is 13.2. The quantitative estimate of drug-likeness (QED) is 0.171. The molecular weight excluding hydrogens is 488 g/mol. The highest BCUT2D eigenvalue weighted by molar-refractivity contribution is 14.0. The third-order valence-corrected chi connectivity index (χ3v) is 5.77. The van der Waals surface area contributed by atoms with Crippen LogP contribution in [-0.4, -0.2) is 81.4 Å². The number of hydrogen-bond donors (Lipinski definition) is 2. The van der Waals surface area contributed by atoms with E-state index in [1.165, 1.54) is 44.7 Å². The van der Waals surface area contributed by atoms with Gasteiger partial charge in [0.1, 0.15) is 5.82 Å². The summed E-state index contributed by atoms with van der Waals surface area (Å²) in [5.41, 5.74) is 0. The molecule has 1 aromatic rings. The van der Waals surface area contributed by atoms with E-state index < -0.39 is 0 Å². The zero-order valence-electron chi connectivity index (χ0n) is 17.1. The summed E-state index contributed by atoms with van der Waals surface area (Å²) in [6.07, 6.45) is 3.43. The third kappa shape index (κ3) is 10.8. The van der Waals surface area contributed by atoms with E-state index in [9.17, 15) is 4.39 Å².